The van der Waals surface area contributed by atoms with Crippen molar-refractivity contribution >= 4 is 22.6 Å². The highest BCUT2D eigenvalue weighted by molar-refractivity contribution is 7.09. The molecule has 5 heteroatoms. The number of hydrogen-bond acceptors (Lipinski definition) is 5. The van der Waals surface area contributed by atoms with Crippen LogP contribution in [0.15, 0.2) is 0 Å². The number of anilines is 2. The summed E-state index contributed by atoms with van der Waals surface area (Å²) in [6.45, 7) is 6.31. The fraction of sp³-hybridized carbons (Fsp3) is 0.750. The van der Waals surface area contributed by atoms with E-state index in [-0.39, 0.29) is 0 Å². The average molecular weight is 200 g/mol. The maximum atomic E-state index is 5.53. The molecule has 0 aliphatic carbocycles. The summed E-state index contributed by atoms with van der Waals surface area (Å²) < 4.78 is 4.18. The normalized spacial score (nSPS) is 10.3. The Morgan fingerprint density at radius 3 is 2.31 bits per heavy atom. The van der Waals surface area contributed by atoms with Crippen molar-refractivity contribution in [2.24, 2.45) is 0 Å². The van der Waals surface area contributed by atoms with Crippen LogP contribution in [0, 0.1) is 0 Å². The lowest BCUT2D eigenvalue weighted by atomic mass is 10.4. The molecule has 0 spiro atoms. The smallest absolute Gasteiger partial charge is 0.239 e. The Morgan fingerprint density at radius 2 is 1.92 bits per heavy atom. The Labute approximate surface area is 82.9 Å². The van der Waals surface area contributed by atoms with E-state index in [2.05, 4.69) is 28.1 Å². The van der Waals surface area contributed by atoms with Gasteiger partial charge in [0.25, 0.3) is 0 Å². The van der Waals surface area contributed by atoms with Crippen LogP contribution in [-0.2, 0) is 0 Å². The molecule has 0 bridgehead atoms. The monoisotopic (exact) mass is 200 g/mol. The van der Waals surface area contributed by atoms with E-state index in [0.717, 1.165) is 31.9 Å². The van der Waals surface area contributed by atoms with Gasteiger partial charge in [0.2, 0.25) is 11.1 Å². The highest BCUT2D eigenvalue weighted by Crippen LogP contribution is 2.15. The predicted octanol–water partition coefficient (Wildman–Crippen LogP) is 1.75. The summed E-state index contributed by atoms with van der Waals surface area (Å²) in [5, 5.41) is 0.548. The van der Waals surface area contributed by atoms with Crippen LogP contribution >= 0.6 is 11.5 Å². The van der Waals surface area contributed by atoms with Gasteiger partial charge in [-0.25, -0.2) is 0 Å². The van der Waals surface area contributed by atoms with Crippen molar-refractivity contribution in [2.45, 2.75) is 26.7 Å². The van der Waals surface area contributed by atoms with Crippen molar-refractivity contribution in [1.29, 1.82) is 0 Å². The minimum Gasteiger partial charge on any atom is -0.374 e. The minimum absolute atomic E-state index is 0.548. The van der Waals surface area contributed by atoms with Crippen LogP contribution in [-0.4, -0.2) is 22.4 Å². The molecule has 74 valence electrons. The summed E-state index contributed by atoms with van der Waals surface area (Å²) in [6.07, 6.45) is 2.22. The molecule has 0 unspecified atom stereocenters. The van der Waals surface area contributed by atoms with Crippen molar-refractivity contribution in [1.82, 2.24) is 9.36 Å². The molecule has 0 saturated heterocycles. The topological polar surface area (TPSA) is 55.0 Å². The van der Waals surface area contributed by atoms with Crippen molar-refractivity contribution in [3.63, 3.8) is 0 Å². The summed E-state index contributed by atoms with van der Waals surface area (Å²) in [5.74, 6) is 0.784. The van der Waals surface area contributed by atoms with E-state index in [1.165, 1.54) is 11.5 Å². The molecular weight excluding hydrogens is 184 g/mol. The Kier molecular flexibility index (Phi) is 3.95. The van der Waals surface area contributed by atoms with Crippen LogP contribution < -0.4 is 10.6 Å². The number of hydrogen-bond donors (Lipinski definition) is 1. The van der Waals surface area contributed by atoms with Gasteiger partial charge in [-0.3, -0.25) is 0 Å². The first-order chi connectivity index (χ1) is 6.27. The van der Waals surface area contributed by atoms with E-state index in [9.17, 15) is 0 Å². The second kappa shape index (κ2) is 5.01. The third-order valence-corrected chi connectivity index (χ3v) is 2.23. The Hall–Kier alpha value is -0.840. The molecule has 13 heavy (non-hydrogen) atoms. The van der Waals surface area contributed by atoms with E-state index in [1.54, 1.807) is 0 Å². The number of nitrogens with zero attached hydrogens (tertiary/aromatic N) is 3. The third-order valence-electron chi connectivity index (χ3n) is 1.70. The fourth-order valence-corrected chi connectivity index (χ4v) is 1.66. The lowest BCUT2D eigenvalue weighted by Crippen LogP contribution is -2.25. The first kappa shape index (κ1) is 10.2. The highest BCUT2D eigenvalue weighted by Gasteiger charge is 2.09. The molecule has 0 saturated carbocycles. The summed E-state index contributed by atoms with van der Waals surface area (Å²) in [6, 6.07) is 0. The molecule has 1 aromatic heterocycles. The van der Waals surface area contributed by atoms with Crippen molar-refractivity contribution in [3.8, 4) is 0 Å². The molecule has 0 atom stereocenters. The van der Waals surface area contributed by atoms with E-state index in [4.69, 9.17) is 5.73 Å². The van der Waals surface area contributed by atoms with Crippen LogP contribution in [0.2, 0.25) is 0 Å². The van der Waals surface area contributed by atoms with Gasteiger partial charge < -0.3 is 10.6 Å². The maximum Gasteiger partial charge on any atom is 0.239 e. The van der Waals surface area contributed by atoms with Gasteiger partial charge in [0, 0.05) is 24.6 Å². The molecular formula is C8H16N4S. The lowest BCUT2D eigenvalue weighted by molar-refractivity contribution is 0.728. The van der Waals surface area contributed by atoms with Gasteiger partial charge in [-0.1, -0.05) is 13.8 Å². The third kappa shape index (κ3) is 2.84. The second-order valence-corrected chi connectivity index (χ2v) is 3.70. The molecule has 0 aromatic carbocycles. The molecule has 0 aliphatic rings. The standard InChI is InChI=1S/C8H16N4S/c1-3-5-12(6-4-2)8-10-7(9)13-11-8/h3-6H2,1-2H3,(H2,9,10,11). The van der Waals surface area contributed by atoms with Gasteiger partial charge in [-0.2, -0.15) is 9.36 Å². The van der Waals surface area contributed by atoms with Crippen LogP contribution in [0.5, 0.6) is 0 Å². The zero-order valence-electron chi connectivity index (χ0n) is 8.16. The number of nitrogens with two attached hydrogens (primary N) is 1. The quantitative estimate of drug-likeness (QED) is 0.786. The Balaban J connectivity index is 2.63. The van der Waals surface area contributed by atoms with Gasteiger partial charge in [-0.15, -0.1) is 0 Å². The van der Waals surface area contributed by atoms with E-state index >= 15 is 0 Å². The van der Waals surface area contributed by atoms with E-state index in [0.29, 0.717) is 5.13 Å². The molecule has 1 aromatic rings. The van der Waals surface area contributed by atoms with Crippen molar-refractivity contribution in [2.75, 3.05) is 23.7 Å². The number of rotatable bonds is 5. The van der Waals surface area contributed by atoms with Gasteiger partial charge in [0.1, 0.15) is 0 Å². The largest absolute Gasteiger partial charge is 0.374 e. The van der Waals surface area contributed by atoms with E-state index < -0.39 is 0 Å². The number of aromatic nitrogens is 2. The summed E-state index contributed by atoms with van der Waals surface area (Å²) in [7, 11) is 0. The van der Waals surface area contributed by atoms with Crippen molar-refractivity contribution < 1.29 is 0 Å². The summed E-state index contributed by atoms with van der Waals surface area (Å²) in [5.41, 5.74) is 5.53. The van der Waals surface area contributed by atoms with Crippen LogP contribution in [0.3, 0.4) is 0 Å². The molecule has 0 aliphatic heterocycles. The van der Waals surface area contributed by atoms with Crippen molar-refractivity contribution in [3.05, 3.63) is 0 Å². The lowest BCUT2D eigenvalue weighted by Gasteiger charge is -2.18. The van der Waals surface area contributed by atoms with Crippen LogP contribution in [0.1, 0.15) is 26.7 Å². The average Bonchev–Trinajstić information content (AvgIpc) is 2.51. The summed E-state index contributed by atoms with van der Waals surface area (Å²) >= 11 is 1.26. The van der Waals surface area contributed by atoms with Gasteiger partial charge >= 0.3 is 0 Å². The maximum absolute atomic E-state index is 5.53. The Morgan fingerprint density at radius 1 is 1.31 bits per heavy atom. The first-order valence-corrected chi connectivity index (χ1v) is 5.39. The molecule has 1 rings (SSSR count). The SMILES string of the molecule is CCCN(CCC)c1nsc(N)n1. The van der Waals surface area contributed by atoms with Gasteiger partial charge in [-0.05, 0) is 12.8 Å². The number of nitrogen functional groups attached to an aromatic ring is 1. The van der Waals surface area contributed by atoms with Crippen LogP contribution in [0.25, 0.3) is 0 Å². The predicted molar refractivity (Wildman–Crippen MR) is 57.1 cm³/mol. The fourth-order valence-electron chi connectivity index (χ4n) is 1.21. The first-order valence-electron chi connectivity index (χ1n) is 4.62. The zero-order valence-corrected chi connectivity index (χ0v) is 8.97. The Bertz CT molecular complexity index is 242. The van der Waals surface area contributed by atoms with Gasteiger partial charge in [0.15, 0.2) is 0 Å². The second-order valence-electron chi connectivity index (χ2n) is 2.92. The van der Waals surface area contributed by atoms with Gasteiger partial charge in [0.05, 0.1) is 0 Å². The molecule has 0 radical (unpaired) electrons. The van der Waals surface area contributed by atoms with Crippen LogP contribution in [0.4, 0.5) is 11.1 Å². The van der Waals surface area contributed by atoms with E-state index in [1.807, 2.05) is 0 Å². The molecule has 0 fully saturated rings. The molecule has 4 nitrogen and oxygen atoms in total. The molecule has 0 amide bonds. The summed E-state index contributed by atoms with van der Waals surface area (Å²) in [4.78, 5) is 6.33. The molecule has 1 heterocycles. The zero-order chi connectivity index (χ0) is 9.68. The molecule has 2 N–H and O–H groups in total. The highest BCUT2D eigenvalue weighted by atomic mass is 32.1. The minimum atomic E-state index is 0.548.